The summed E-state index contributed by atoms with van der Waals surface area (Å²) in [7, 11) is 0. The second-order valence-electron chi connectivity index (χ2n) is 4.77. The van der Waals surface area contributed by atoms with Crippen LogP contribution in [0, 0.1) is 6.92 Å². The summed E-state index contributed by atoms with van der Waals surface area (Å²) in [6.45, 7) is 1.86. The van der Waals surface area contributed by atoms with Gasteiger partial charge in [0.05, 0.1) is 5.56 Å². The first-order valence-electron chi connectivity index (χ1n) is 6.19. The molecule has 0 unspecified atom stereocenters. The number of nitrogens with zero attached hydrogens (tertiary/aromatic N) is 1. The molecule has 0 atom stereocenters. The van der Waals surface area contributed by atoms with E-state index >= 15 is 0 Å². The number of benzene rings is 2. The van der Waals surface area contributed by atoms with E-state index in [-0.39, 0.29) is 11.4 Å². The fraction of sp³-hybridized carbons (Fsp3) is 0.133. The van der Waals surface area contributed by atoms with Crippen molar-refractivity contribution in [2.45, 2.75) is 13.1 Å². The lowest BCUT2D eigenvalue weighted by Gasteiger charge is -2.04. The molecule has 0 saturated heterocycles. The van der Waals surface area contributed by atoms with E-state index in [1.54, 1.807) is 18.2 Å². The molecule has 0 bridgehead atoms. The van der Waals surface area contributed by atoms with Gasteiger partial charge in [0, 0.05) is 11.3 Å². The fourth-order valence-electron chi connectivity index (χ4n) is 2.00. The number of anilines is 1. The highest BCUT2D eigenvalue weighted by Gasteiger charge is 2.31. The molecule has 0 aliphatic carbocycles. The molecule has 3 rings (SSSR count). The number of hydrogen-bond acceptors (Lipinski definition) is 3. The minimum Gasteiger partial charge on any atom is -0.436 e. The van der Waals surface area contributed by atoms with Crippen molar-refractivity contribution < 1.29 is 17.6 Å². The summed E-state index contributed by atoms with van der Waals surface area (Å²) in [6, 6.07) is 8.47. The van der Waals surface area contributed by atoms with Crippen LogP contribution < -0.4 is 5.73 Å². The Balaban J connectivity index is 2.10. The third-order valence-electron chi connectivity index (χ3n) is 3.24. The van der Waals surface area contributed by atoms with Gasteiger partial charge >= 0.3 is 6.18 Å². The Morgan fingerprint density at radius 3 is 2.52 bits per heavy atom. The molecule has 0 radical (unpaired) electrons. The molecule has 2 N–H and O–H groups in total. The van der Waals surface area contributed by atoms with Gasteiger partial charge in [-0.25, -0.2) is 4.98 Å². The van der Waals surface area contributed by atoms with Crippen LogP contribution >= 0.6 is 0 Å². The molecule has 0 fully saturated rings. The largest absolute Gasteiger partial charge is 0.436 e. The zero-order chi connectivity index (χ0) is 15.2. The predicted octanol–water partition coefficient (Wildman–Crippen LogP) is 4.40. The molecule has 0 aliphatic heterocycles. The zero-order valence-electron chi connectivity index (χ0n) is 11.0. The molecule has 108 valence electrons. The van der Waals surface area contributed by atoms with E-state index in [2.05, 4.69) is 4.98 Å². The average molecular weight is 292 g/mol. The summed E-state index contributed by atoms with van der Waals surface area (Å²) in [6.07, 6.45) is -4.40. The SMILES string of the molecule is Cc1ccc(-c2nc3cc(C(F)(F)F)ccc3o2)cc1N. The highest BCUT2D eigenvalue weighted by Crippen LogP contribution is 2.33. The highest BCUT2D eigenvalue weighted by molar-refractivity contribution is 5.77. The van der Waals surface area contributed by atoms with E-state index in [0.717, 1.165) is 17.7 Å². The normalized spacial score (nSPS) is 12.0. The summed E-state index contributed by atoms with van der Waals surface area (Å²) in [5, 5.41) is 0. The molecular formula is C15H11F3N2O. The maximum atomic E-state index is 12.7. The Morgan fingerprint density at radius 1 is 1.10 bits per heavy atom. The van der Waals surface area contributed by atoms with Crippen LogP contribution in [0.3, 0.4) is 0 Å². The van der Waals surface area contributed by atoms with E-state index in [1.165, 1.54) is 6.07 Å². The van der Waals surface area contributed by atoms with E-state index in [0.29, 0.717) is 16.8 Å². The third-order valence-corrected chi connectivity index (χ3v) is 3.24. The van der Waals surface area contributed by atoms with Crippen molar-refractivity contribution in [3.8, 4) is 11.5 Å². The number of fused-ring (bicyclic) bond motifs is 1. The zero-order valence-corrected chi connectivity index (χ0v) is 11.0. The van der Waals surface area contributed by atoms with Crippen molar-refractivity contribution in [2.24, 2.45) is 0 Å². The number of hydrogen-bond donors (Lipinski definition) is 1. The molecule has 21 heavy (non-hydrogen) atoms. The Bertz CT molecular complexity index is 821. The van der Waals surface area contributed by atoms with Crippen LogP contribution in [0.2, 0.25) is 0 Å². The first-order valence-corrected chi connectivity index (χ1v) is 6.19. The van der Waals surface area contributed by atoms with Gasteiger partial charge in [0.15, 0.2) is 5.58 Å². The van der Waals surface area contributed by atoms with E-state index in [4.69, 9.17) is 10.2 Å². The summed E-state index contributed by atoms with van der Waals surface area (Å²) in [5.74, 6) is 0.246. The Morgan fingerprint density at radius 2 is 1.86 bits per heavy atom. The van der Waals surface area contributed by atoms with Gasteiger partial charge in [-0.3, -0.25) is 0 Å². The molecule has 0 aliphatic rings. The molecule has 3 nitrogen and oxygen atoms in total. The Hall–Kier alpha value is -2.50. The minimum absolute atomic E-state index is 0.166. The van der Waals surface area contributed by atoms with Crippen molar-refractivity contribution >= 4 is 16.8 Å². The van der Waals surface area contributed by atoms with Crippen molar-refractivity contribution in [1.29, 1.82) is 0 Å². The number of aryl methyl sites for hydroxylation is 1. The van der Waals surface area contributed by atoms with Gasteiger partial charge in [0.1, 0.15) is 5.52 Å². The predicted molar refractivity (Wildman–Crippen MR) is 73.6 cm³/mol. The summed E-state index contributed by atoms with van der Waals surface area (Å²) < 4.78 is 43.5. The number of aromatic nitrogens is 1. The van der Waals surface area contributed by atoms with Gasteiger partial charge in [0.25, 0.3) is 0 Å². The highest BCUT2D eigenvalue weighted by atomic mass is 19.4. The quantitative estimate of drug-likeness (QED) is 0.676. The monoisotopic (exact) mass is 292 g/mol. The van der Waals surface area contributed by atoms with Crippen molar-refractivity contribution in [1.82, 2.24) is 4.98 Å². The lowest BCUT2D eigenvalue weighted by atomic mass is 10.1. The lowest BCUT2D eigenvalue weighted by Crippen LogP contribution is -2.03. The molecule has 1 aromatic heterocycles. The first kappa shape index (κ1) is 13.5. The Kier molecular flexibility index (Phi) is 2.90. The lowest BCUT2D eigenvalue weighted by molar-refractivity contribution is -0.137. The van der Waals surface area contributed by atoms with Crippen molar-refractivity contribution in [3.63, 3.8) is 0 Å². The molecular weight excluding hydrogens is 281 g/mol. The van der Waals surface area contributed by atoms with E-state index < -0.39 is 11.7 Å². The summed E-state index contributed by atoms with van der Waals surface area (Å²) >= 11 is 0. The van der Waals surface area contributed by atoms with Gasteiger partial charge in [-0.05, 0) is 42.8 Å². The first-order chi connectivity index (χ1) is 9.84. The number of oxazole rings is 1. The summed E-state index contributed by atoms with van der Waals surface area (Å²) in [4.78, 5) is 4.11. The molecule has 0 saturated carbocycles. The van der Waals surface area contributed by atoms with E-state index in [1.807, 2.05) is 6.92 Å². The second-order valence-corrected chi connectivity index (χ2v) is 4.77. The standard InChI is InChI=1S/C15H11F3N2O/c1-8-2-3-9(6-11(8)19)14-20-12-7-10(15(16,17)18)4-5-13(12)21-14/h2-7H,19H2,1H3. The van der Waals surface area contributed by atoms with Gasteiger partial charge < -0.3 is 10.2 Å². The topological polar surface area (TPSA) is 52.0 Å². The number of alkyl halides is 3. The number of rotatable bonds is 1. The fourth-order valence-corrected chi connectivity index (χ4v) is 2.00. The minimum atomic E-state index is -4.40. The molecule has 1 heterocycles. The summed E-state index contributed by atoms with van der Waals surface area (Å²) in [5.41, 5.74) is 7.65. The average Bonchev–Trinajstić information content (AvgIpc) is 2.83. The van der Waals surface area contributed by atoms with Gasteiger partial charge in [-0.2, -0.15) is 13.2 Å². The third kappa shape index (κ3) is 2.44. The van der Waals surface area contributed by atoms with Crippen LogP contribution in [-0.2, 0) is 6.18 Å². The maximum absolute atomic E-state index is 12.7. The number of nitrogens with two attached hydrogens (primary N) is 1. The number of nitrogen functional groups attached to an aromatic ring is 1. The van der Waals surface area contributed by atoms with Crippen LogP contribution in [0.25, 0.3) is 22.6 Å². The van der Waals surface area contributed by atoms with E-state index in [9.17, 15) is 13.2 Å². The van der Waals surface area contributed by atoms with Crippen LogP contribution in [0.5, 0.6) is 0 Å². The van der Waals surface area contributed by atoms with Gasteiger partial charge in [-0.1, -0.05) is 6.07 Å². The Labute approximate surface area is 118 Å². The molecule has 3 aromatic rings. The number of halogens is 3. The van der Waals surface area contributed by atoms with Gasteiger partial charge in [-0.15, -0.1) is 0 Å². The van der Waals surface area contributed by atoms with Crippen LogP contribution in [0.4, 0.5) is 18.9 Å². The second kappa shape index (κ2) is 4.51. The maximum Gasteiger partial charge on any atom is 0.416 e. The van der Waals surface area contributed by atoms with Crippen molar-refractivity contribution in [2.75, 3.05) is 5.73 Å². The molecule has 2 aromatic carbocycles. The van der Waals surface area contributed by atoms with Crippen LogP contribution in [-0.4, -0.2) is 4.98 Å². The van der Waals surface area contributed by atoms with Crippen LogP contribution in [0.15, 0.2) is 40.8 Å². The molecule has 0 spiro atoms. The molecule has 6 heteroatoms. The van der Waals surface area contributed by atoms with Crippen molar-refractivity contribution in [3.05, 3.63) is 47.5 Å². The molecule has 0 amide bonds. The van der Waals surface area contributed by atoms with Crippen LogP contribution in [0.1, 0.15) is 11.1 Å². The smallest absolute Gasteiger partial charge is 0.416 e. The van der Waals surface area contributed by atoms with Gasteiger partial charge in [0.2, 0.25) is 5.89 Å².